The smallest absolute Gasteiger partial charge is 0.248 e. The van der Waals surface area contributed by atoms with Crippen LogP contribution >= 0.6 is 11.8 Å². The van der Waals surface area contributed by atoms with Crippen LogP contribution < -0.4 is 0 Å². The second-order valence-electron chi connectivity index (χ2n) is 8.37. The average molecular weight is 439 g/mol. The molecule has 0 unspecified atom stereocenters. The standard InChI is InChI=1S/C21H27FN2O3S2/c22-17-8-6-15(7-9-17)10-11-24-18-13-29(26,27)14-19(18)28-21(24)23-20(25)12-16-4-2-1-3-5-16/h6-9,16,18-19H,1-5,10-14H2/t18-,19-/m0/s1. The number of hydrogen-bond donors (Lipinski definition) is 0. The van der Waals surface area contributed by atoms with Gasteiger partial charge in [-0.05, 0) is 42.9 Å². The predicted molar refractivity (Wildman–Crippen MR) is 114 cm³/mol. The number of halogens is 1. The maximum atomic E-state index is 13.2. The number of nitrogens with zero attached hydrogens (tertiary/aromatic N) is 2. The van der Waals surface area contributed by atoms with Gasteiger partial charge < -0.3 is 4.90 Å². The largest absolute Gasteiger partial charge is 0.346 e. The lowest BCUT2D eigenvalue weighted by atomic mass is 9.87. The molecule has 0 bridgehead atoms. The summed E-state index contributed by atoms with van der Waals surface area (Å²) in [6.45, 7) is 0.574. The van der Waals surface area contributed by atoms with Crippen molar-refractivity contribution in [3.8, 4) is 0 Å². The van der Waals surface area contributed by atoms with E-state index in [0.29, 0.717) is 30.5 Å². The van der Waals surface area contributed by atoms with Crippen molar-refractivity contribution >= 4 is 32.7 Å². The molecule has 1 aromatic rings. The maximum Gasteiger partial charge on any atom is 0.248 e. The van der Waals surface area contributed by atoms with Gasteiger partial charge in [0.2, 0.25) is 5.91 Å². The highest BCUT2D eigenvalue weighted by Crippen LogP contribution is 2.38. The Kier molecular flexibility index (Phi) is 6.30. The number of carbonyl (C=O) groups is 1. The van der Waals surface area contributed by atoms with Gasteiger partial charge in [-0.1, -0.05) is 43.2 Å². The Labute approximate surface area is 176 Å². The van der Waals surface area contributed by atoms with E-state index in [4.69, 9.17) is 0 Å². The molecule has 2 saturated heterocycles. The van der Waals surface area contributed by atoms with E-state index in [1.165, 1.54) is 43.2 Å². The van der Waals surface area contributed by atoms with Crippen molar-refractivity contribution in [2.45, 2.75) is 56.2 Å². The fourth-order valence-electron chi connectivity index (χ4n) is 4.59. The van der Waals surface area contributed by atoms with Crippen LogP contribution in [0.2, 0.25) is 0 Å². The summed E-state index contributed by atoms with van der Waals surface area (Å²) >= 11 is 1.44. The first-order valence-corrected chi connectivity index (χ1v) is 13.1. The summed E-state index contributed by atoms with van der Waals surface area (Å²) in [5.41, 5.74) is 0.980. The fourth-order valence-corrected chi connectivity index (χ4v) is 8.58. The van der Waals surface area contributed by atoms with Crippen LogP contribution in [0.15, 0.2) is 29.3 Å². The number of carbonyl (C=O) groups excluding carboxylic acids is 1. The molecule has 2 heterocycles. The Hall–Kier alpha value is -1.41. The van der Waals surface area contributed by atoms with Gasteiger partial charge in [0.25, 0.3) is 0 Å². The quantitative estimate of drug-likeness (QED) is 0.705. The van der Waals surface area contributed by atoms with E-state index in [0.717, 1.165) is 18.4 Å². The highest BCUT2D eigenvalue weighted by atomic mass is 32.2. The number of aliphatic imine (C=N–C) groups is 1. The van der Waals surface area contributed by atoms with Gasteiger partial charge in [0, 0.05) is 18.2 Å². The van der Waals surface area contributed by atoms with Crippen LogP contribution in [0.1, 0.15) is 44.1 Å². The van der Waals surface area contributed by atoms with Gasteiger partial charge in [-0.3, -0.25) is 4.79 Å². The van der Waals surface area contributed by atoms with Crippen LogP contribution in [-0.2, 0) is 21.1 Å². The molecular weight excluding hydrogens is 411 g/mol. The van der Waals surface area contributed by atoms with Crippen LogP contribution in [0.25, 0.3) is 0 Å². The Morgan fingerprint density at radius 2 is 1.86 bits per heavy atom. The minimum atomic E-state index is -3.05. The Morgan fingerprint density at radius 3 is 2.59 bits per heavy atom. The summed E-state index contributed by atoms with van der Waals surface area (Å²) in [4.78, 5) is 19.0. The molecule has 1 amide bonds. The first-order valence-electron chi connectivity index (χ1n) is 10.4. The van der Waals surface area contributed by atoms with Gasteiger partial charge in [0.05, 0.1) is 17.5 Å². The zero-order chi connectivity index (χ0) is 20.4. The van der Waals surface area contributed by atoms with Crippen LogP contribution in [0.5, 0.6) is 0 Å². The van der Waals surface area contributed by atoms with Gasteiger partial charge in [-0.25, -0.2) is 12.8 Å². The molecule has 3 aliphatic rings. The summed E-state index contributed by atoms with van der Waals surface area (Å²) in [5, 5.41) is 0.604. The van der Waals surface area contributed by atoms with Crippen molar-refractivity contribution in [3.63, 3.8) is 0 Å². The number of benzene rings is 1. The van der Waals surface area contributed by atoms with E-state index < -0.39 is 9.84 Å². The zero-order valence-electron chi connectivity index (χ0n) is 16.4. The lowest BCUT2D eigenvalue weighted by molar-refractivity contribution is -0.118. The highest BCUT2D eigenvalue weighted by molar-refractivity contribution is 8.15. The molecule has 1 aromatic carbocycles. The normalized spacial score (nSPS) is 28.0. The number of rotatable bonds is 5. The van der Waals surface area contributed by atoms with Crippen molar-refractivity contribution in [3.05, 3.63) is 35.6 Å². The summed E-state index contributed by atoms with van der Waals surface area (Å²) in [7, 11) is -3.05. The van der Waals surface area contributed by atoms with Crippen molar-refractivity contribution in [2.75, 3.05) is 18.1 Å². The van der Waals surface area contributed by atoms with E-state index in [1.54, 1.807) is 12.1 Å². The first kappa shape index (κ1) is 20.8. The first-order chi connectivity index (χ1) is 13.9. The Morgan fingerprint density at radius 1 is 1.14 bits per heavy atom. The van der Waals surface area contributed by atoms with Gasteiger partial charge in [-0.15, -0.1) is 0 Å². The lowest BCUT2D eigenvalue weighted by Gasteiger charge is -2.24. The summed E-state index contributed by atoms with van der Waals surface area (Å²) in [5.74, 6) is 0.325. The molecule has 0 N–H and O–H groups in total. The van der Waals surface area contributed by atoms with E-state index in [1.807, 2.05) is 4.90 Å². The van der Waals surface area contributed by atoms with Crippen LogP contribution in [0.4, 0.5) is 4.39 Å². The van der Waals surface area contributed by atoms with Gasteiger partial charge in [0.1, 0.15) is 5.82 Å². The monoisotopic (exact) mass is 438 g/mol. The topological polar surface area (TPSA) is 66.8 Å². The molecule has 0 spiro atoms. The third-order valence-corrected chi connectivity index (χ3v) is 9.39. The number of thioether (sulfide) groups is 1. The van der Waals surface area contributed by atoms with Gasteiger partial charge in [-0.2, -0.15) is 4.99 Å². The number of sulfone groups is 1. The molecule has 4 rings (SSSR count). The summed E-state index contributed by atoms with van der Waals surface area (Å²) < 4.78 is 37.4. The summed E-state index contributed by atoms with van der Waals surface area (Å²) in [6.07, 6.45) is 6.97. The second-order valence-corrected chi connectivity index (χ2v) is 11.7. The fraction of sp³-hybridized carbons (Fsp3) is 0.619. The maximum absolute atomic E-state index is 13.2. The van der Waals surface area contributed by atoms with Crippen molar-refractivity contribution < 1.29 is 17.6 Å². The lowest BCUT2D eigenvalue weighted by Crippen LogP contribution is -2.39. The molecule has 2 aliphatic heterocycles. The number of hydrogen-bond acceptors (Lipinski definition) is 4. The average Bonchev–Trinajstić information content (AvgIpc) is 3.13. The Bertz CT molecular complexity index is 880. The van der Waals surface area contributed by atoms with Crippen molar-refractivity contribution in [2.24, 2.45) is 10.9 Å². The molecule has 1 aliphatic carbocycles. The second kappa shape index (κ2) is 8.76. The predicted octanol–water partition coefficient (Wildman–Crippen LogP) is 3.44. The molecule has 1 saturated carbocycles. The number of fused-ring (bicyclic) bond motifs is 1. The van der Waals surface area contributed by atoms with E-state index in [9.17, 15) is 17.6 Å². The van der Waals surface area contributed by atoms with E-state index in [2.05, 4.69) is 4.99 Å². The van der Waals surface area contributed by atoms with Crippen LogP contribution in [-0.4, -0.2) is 53.7 Å². The Balaban J connectivity index is 1.46. The molecule has 5 nitrogen and oxygen atoms in total. The molecule has 0 radical (unpaired) electrons. The number of amidine groups is 1. The van der Waals surface area contributed by atoms with Gasteiger partial charge in [0.15, 0.2) is 15.0 Å². The van der Waals surface area contributed by atoms with Gasteiger partial charge >= 0.3 is 0 Å². The number of amides is 1. The van der Waals surface area contributed by atoms with Crippen molar-refractivity contribution in [1.82, 2.24) is 4.90 Å². The SMILES string of the molecule is O=C(CC1CCCCC1)N=C1S[C@H]2CS(=O)(=O)C[C@@H]2N1CCc1ccc(F)cc1. The molecule has 29 heavy (non-hydrogen) atoms. The summed E-state index contributed by atoms with van der Waals surface area (Å²) in [6, 6.07) is 6.21. The van der Waals surface area contributed by atoms with Crippen LogP contribution in [0, 0.1) is 11.7 Å². The van der Waals surface area contributed by atoms with E-state index in [-0.39, 0.29) is 34.5 Å². The molecule has 2 atom stereocenters. The zero-order valence-corrected chi connectivity index (χ0v) is 18.1. The molecule has 8 heteroatoms. The third-order valence-electron chi connectivity index (χ3n) is 6.14. The molecular formula is C21H27FN2O3S2. The highest BCUT2D eigenvalue weighted by Gasteiger charge is 2.48. The molecule has 158 valence electrons. The van der Waals surface area contributed by atoms with E-state index >= 15 is 0 Å². The minimum Gasteiger partial charge on any atom is -0.346 e. The minimum absolute atomic E-state index is 0.0607. The van der Waals surface area contributed by atoms with Crippen molar-refractivity contribution in [1.29, 1.82) is 0 Å². The van der Waals surface area contributed by atoms with Crippen LogP contribution in [0.3, 0.4) is 0 Å². The molecule has 0 aromatic heterocycles. The molecule has 3 fully saturated rings. The third kappa shape index (κ3) is 5.20.